The molecule has 6 nitrogen and oxygen atoms in total. The van der Waals surface area contributed by atoms with E-state index in [1.807, 2.05) is 0 Å². The minimum absolute atomic E-state index is 0.0559. The van der Waals surface area contributed by atoms with Gasteiger partial charge < -0.3 is 14.7 Å². The van der Waals surface area contributed by atoms with E-state index in [0.29, 0.717) is 23.8 Å². The average molecular weight is 293 g/mol. The summed E-state index contributed by atoms with van der Waals surface area (Å²) in [5.74, 6) is 0.192. The third kappa shape index (κ3) is 3.69. The Kier molecular flexibility index (Phi) is 5.50. The topological polar surface area (TPSA) is 75.5 Å². The number of aromatic nitrogens is 2. The van der Waals surface area contributed by atoms with Crippen LogP contribution in [0.5, 0.6) is 0 Å². The Morgan fingerprint density at radius 1 is 1.48 bits per heavy atom. The molecule has 6 heteroatoms. The maximum Gasteiger partial charge on any atom is 0.341 e. The van der Waals surface area contributed by atoms with Crippen LogP contribution in [0, 0.1) is 6.92 Å². The van der Waals surface area contributed by atoms with Crippen molar-refractivity contribution in [2.45, 2.75) is 45.6 Å². The zero-order chi connectivity index (χ0) is 15.2. The monoisotopic (exact) mass is 293 g/mol. The number of esters is 1. The van der Waals surface area contributed by atoms with Gasteiger partial charge in [0.15, 0.2) is 0 Å². The first kappa shape index (κ1) is 15.7. The van der Waals surface area contributed by atoms with Crippen LogP contribution < -0.4 is 4.90 Å². The fraction of sp³-hybridized carbons (Fsp3) is 0.667. The van der Waals surface area contributed by atoms with Crippen LogP contribution in [0.4, 0.5) is 5.95 Å². The van der Waals surface area contributed by atoms with Gasteiger partial charge in [-0.2, -0.15) is 0 Å². The van der Waals surface area contributed by atoms with E-state index in [1.54, 1.807) is 13.8 Å². The van der Waals surface area contributed by atoms with Crippen molar-refractivity contribution in [2.24, 2.45) is 0 Å². The lowest BCUT2D eigenvalue weighted by Crippen LogP contribution is -2.39. The largest absolute Gasteiger partial charge is 0.462 e. The number of hydrogen-bond acceptors (Lipinski definition) is 6. The third-order valence-electron chi connectivity index (χ3n) is 3.81. The number of anilines is 1. The molecule has 1 atom stereocenters. The van der Waals surface area contributed by atoms with Gasteiger partial charge in [-0.3, -0.25) is 0 Å². The van der Waals surface area contributed by atoms with Gasteiger partial charge >= 0.3 is 5.97 Å². The standard InChI is InChI=1S/C15H23N3O3/c1-3-21-14(20)13-9-16-15(17-11(13)2)18-8-6-4-5-7-12(18)10-19/h9,12,19H,3-8,10H2,1-2H3. The van der Waals surface area contributed by atoms with Gasteiger partial charge in [0, 0.05) is 12.7 Å². The molecule has 0 aromatic carbocycles. The van der Waals surface area contributed by atoms with Crippen molar-refractivity contribution in [1.82, 2.24) is 9.97 Å². The second-order valence-electron chi connectivity index (χ2n) is 5.27. The van der Waals surface area contributed by atoms with Crippen molar-refractivity contribution in [3.05, 3.63) is 17.5 Å². The summed E-state index contributed by atoms with van der Waals surface area (Å²) in [7, 11) is 0. The lowest BCUT2D eigenvalue weighted by molar-refractivity contribution is 0.0524. The Morgan fingerprint density at radius 2 is 2.29 bits per heavy atom. The zero-order valence-corrected chi connectivity index (χ0v) is 12.7. The Hall–Kier alpha value is -1.69. The maximum atomic E-state index is 11.8. The van der Waals surface area contributed by atoms with Crippen molar-refractivity contribution in [3.8, 4) is 0 Å². The summed E-state index contributed by atoms with van der Waals surface area (Å²) < 4.78 is 4.98. The van der Waals surface area contributed by atoms with E-state index >= 15 is 0 Å². The van der Waals surface area contributed by atoms with Crippen LogP contribution in [0.1, 0.15) is 48.7 Å². The summed E-state index contributed by atoms with van der Waals surface area (Å²) in [5.41, 5.74) is 1.01. The summed E-state index contributed by atoms with van der Waals surface area (Å²) in [5, 5.41) is 9.56. The smallest absolute Gasteiger partial charge is 0.341 e. The first-order valence-electron chi connectivity index (χ1n) is 7.55. The molecular formula is C15H23N3O3. The number of nitrogens with zero attached hydrogens (tertiary/aromatic N) is 3. The number of carbonyl (C=O) groups is 1. The molecule has 0 radical (unpaired) electrons. The Morgan fingerprint density at radius 3 is 2.95 bits per heavy atom. The minimum atomic E-state index is -0.392. The van der Waals surface area contributed by atoms with Crippen LogP contribution in [-0.4, -0.2) is 46.8 Å². The van der Waals surface area contributed by atoms with Crippen LogP contribution in [0.3, 0.4) is 0 Å². The highest BCUT2D eigenvalue weighted by Crippen LogP contribution is 2.22. The molecule has 1 unspecified atom stereocenters. The van der Waals surface area contributed by atoms with Crippen LogP contribution in [0.25, 0.3) is 0 Å². The van der Waals surface area contributed by atoms with Crippen LogP contribution in [0.15, 0.2) is 6.20 Å². The molecule has 0 aliphatic carbocycles. The van der Waals surface area contributed by atoms with Gasteiger partial charge in [0.1, 0.15) is 0 Å². The van der Waals surface area contributed by atoms with Crippen molar-refractivity contribution in [3.63, 3.8) is 0 Å². The lowest BCUT2D eigenvalue weighted by atomic mass is 10.1. The SMILES string of the molecule is CCOC(=O)c1cnc(N2CCCCCC2CO)nc1C. The number of carbonyl (C=O) groups excluding carboxylic acids is 1. The molecule has 0 saturated carbocycles. The average Bonchev–Trinajstić information content (AvgIpc) is 2.72. The Bertz CT molecular complexity index is 493. The molecule has 21 heavy (non-hydrogen) atoms. The molecule has 1 N–H and O–H groups in total. The quantitative estimate of drug-likeness (QED) is 0.852. The van der Waals surface area contributed by atoms with Crippen LogP contribution in [-0.2, 0) is 4.74 Å². The summed E-state index contributed by atoms with van der Waals surface area (Å²) >= 11 is 0. The van der Waals surface area contributed by atoms with Gasteiger partial charge in [-0.25, -0.2) is 14.8 Å². The highest BCUT2D eigenvalue weighted by molar-refractivity contribution is 5.90. The van der Waals surface area contributed by atoms with E-state index < -0.39 is 5.97 Å². The Labute approximate surface area is 125 Å². The molecule has 0 bridgehead atoms. The number of aliphatic hydroxyl groups excluding tert-OH is 1. The third-order valence-corrected chi connectivity index (χ3v) is 3.81. The van der Waals surface area contributed by atoms with Gasteiger partial charge in [-0.15, -0.1) is 0 Å². The molecule has 1 aromatic heterocycles. The molecule has 2 rings (SSSR count). The molecule has 1 saturated heterocycles. The van der Waals surface area contributed by atoms with E-state index in [4.69, 9.17) is 4.74 Å². The molecule has 0 amide bonds. The van der Waals surface area contributed by atoms with Gasteiger partial charge in [-0.1, -0.05) is 12.8 Å². The summed E-state index contributed by atoms with van der Waals surface area (Å²) in [6.07, 6.45) is 5.81. The van der Waals surface area contributed by atoms with E-state index in [2.05, 4.69) is 14.9 Å². The fourth-order valence-corrected chi connectivity index (χ4v) is 2.63. The number of aliphatic hydroxyl groups is 1. The minimum Gasteiger partial charge on any atom is -0.462 e. The number of hydrogen-bond donors (Lipinski definition) is 1. The van der Waals surface area contributed by atoms with E-state index in [1.165, 1.54) is 6.20 Å². The lowest BCUT2D eigenvalue weighted by Gasteiger charge is -2.28. The van der Waals surface area contributed by atoms with Gasteiger partial charge in [0.25, 0.3) is 0 Å². The Balaban J connectivity index is 2.23. The molecule has 1 aromatic rings. The second-order valence-corrected chi connectivity index (χ2v) is 5.27. The molecule has 0 spiro atoms. The predicted octanol–water partition coefficient (Wildman–Crippen LogP) is 1.70. The molecule has 1 fully saturated rings. The number of rotatable bonds is 4. The molecule has 116 valence electrons. The number of aryl methyl sites for hydroxylation is 1. The zero-order valence-electron chi connectivity index (χ0n) is 12.7. The fourth-order valence-electron chi connectivity index (χ4n) is 2.63. The van der Waals surface area contributed by atoms with Crippen LogP contribution in [0.2, 0.25) is 0 Å². The molecule has 1 aliphatic heterocycles. The van der Waals surface area contributed by atoms with Gasteiger partial charge in [-0.05, 0) is 26.7 Å². The number of ether oxygens (including phenoxy) is 1. The molecular weight excluding hydrogens is 270 g/mol. The predicted molar refractivity (Wildman–Crippen MR) is 79.4 cm³/mol. The first-order chi connectivity index (χ1) is 10.2. The van der Waals surface area contributed by atoms with Gasteiger partial charge in [0.2, 0.25) is 5.95 Å². The van der Waals surface area contributed by atoms with Crippen LogP contribution >= 0.6 is 0 Å². The van der Waals surface area contributed by atoms with Crippen molar-refractivity contribution in [1.29, 1.82) is 0 Å². The highest BCUT2D eigenvalue weighted by Gasteiger charge is 2.23. The van der Waals surface area contributed by atoms with E-state index in [0.717, 1.165) is 32.2 Å². The van der Waals surface area contributed by atoms with Crippen molar-refractivity contribution < 1.29 is 14.6 Å². The maximum absolute atomic E-state index is 11.8. The highest BCUT2D eigenvalue weighted by atomic mass is 16.5. The summed E-state index contributed by atoms with van der Waals surface area (Å²) in [6.45, 7) is 4.82. The first-order valence-corrected chi connectivity index (χ1v) is 7.55. The summed E-state index contributed by atoms with van der Waals surface area (Å²) in [4.78, 5) is 22.6. The van der Waals surface area contributed by atoms with Gasteiger partial charge in [0.05, 0.1) is 30.5 Å². The van der Waals surface area contributed by atoms with E-state index in [9.17, 15) is 9.90 Å². The van der Waals surface area contributed by atoms with Crippen molar-refractivity contribution >= 4 is 11.9 Å². The molecule has 1 aliphatic rings. The normalized spacial score (nSPS) is 19.2. The summed E-state index contributed by atoms with van der Waals surface area (Å²) in [6, 6.07) is 0.0559. The second kappa shape index (κ2) is 7.36. The van der Waals surface area contributed by atoms with E-state index in [-0.39, 0.29) is 12.6 Å². The molecule has 2 heterocycles. The van der Waals surface area contributed by atoms with Crippen molar-refractivity contribution in [2.75, 3.05) is 24.7 Å².